The first-order chi connectivity index (χ1) is 14.6. The third-order valence-electron chi connectivity index (χ3n) is 5.18. The van der Waals surface area contributed by atoms with Gasteiger partial charge in [0, 0.05) is 30.0 Å². The second kappa shape index (κ2) is 8.79. The van der Waals surface area contributed by atoms with Gasteiger partial charge in [-0.3, -0.25) is 4.79 Å². The van der Waals surface area contributed by atoms with E-state index in [1.54, 1.807) is 26.0 Å². The molecule has 1 aliphatic heterocycles. The van der Waals surface area contributed by atoms with Gasteiger partial charge in [0.1, 0.15) is 0 Å². The van der Waals surface area contributed by atoms with Crippen molar-refractivity contribution >= 4 is 17.7 Å². The molecule has 3 aromatic rings. The van der Waals surface area contributed by atoms with Crippen LogP contribution >= 0.6 is 11.8 Å². The van der Waals surface area contributed by atoms with Crippen molar-refractivity contribution in [1.82, 2.24) is 15.0 Å². The molecule has 8 heteroatoms. The van der Waals surface area contributed by atoms with Crippen molar-refractivity contribution in [1.29, 1.82) is 0 Å². The molecule has 0 N–H and O–H groups in total. The Labute approximate surface area is 179 Å². The van der Waals surface area contributed by atoms with Crippen LogP contribution < -0.4 is 9.47 Å². The minimum Gasteiger partial charge on any atom is -0.493 e. The van der Waals surface area contributed by atoms with Gasteiger partial charge in [0.25, 0.3) is 0 Å². The van der Waals surface area contributed by atoms with Gasteiger partial charge < -0.3 is 18.9 Å². The molecule has 1 unspecified atom stereocenters. The lowest BCUT2D eigenvalue weighted by Crippen LogP contribution is -2.24. The normalized spacial score (nSPS) is 16.2. The Morgan fingerprint density at radius 2 is 1.90 bits per heavy atom. The maximum atomic E-state index is 12.6. The molecule has 1 atom stereocenters. The third kappa shape index (κ3) is 4.14. The predicted octanol–water partition coefficient (Wildman–Crippen LogP) is 3.99. The van der Waals surface area contributed by atoms with Crippen LogP contribution in [0.3, 0.4) is 0 Å². The quantitative estimate of drug-likeness (QED) is 0.530. The summed E-state index contributed by atoms with van der Waals surface area (Å²) in [4.78, 5) is 20.1. The summed E-state index contributed by atoms with van der Waals surface area (Å²) in [6.45, 7) is 1.03. The molecule has 2 heterocycles. The van der Waals surface area contributed by atoms with E-state index in [1.807, 2.05) is 53.6 Å². The predicted molar refractivity (Wildman–Crippen MR) is 114 cm³/mol. The lowest BCUT2D eigenvalue weighted by atomic mass is 10.1. The smallest absolute Gasteiger partial charge is 0.232 e. The van der Waals surface area contributed by atoms with Crippen LogP contribution in [0, 0.1) is 0 Å². The minimum absolute atomic E-state index is 0.0684. The van der Waals surface area contributed by atoms with Crippen LogP contribution in [0.4, 0.5) is 0 Å². The molecule has 1 aromatic heterocycles. The van der Waals surface area contributed by atoms with Gasteiger partial charge in [-0.05, 0) is 48.2 Å². The Bertz CT molecular complexity index is 1040. The molecule has 0 radical (unpaired) electrons. The van der Waals surface area contributed by atoms with Crippen molar-refractivity contribution in [3.05, 3.63) is 53.9 Å². The highest BCUT2D eigenvalue weighted by molar-refractivity contribution is 7.98. The fourth-order valence-corrected chi connectivity index (χ4v) is 3.96. The number of likely N-dealkylation sites (tertiary alicyclic amines) is 1. The number of rotatable bonds is 7. The molecule has 4 rings (SSSR count). The van der Waals surface area contributed by atoms with E-state index in [0.717, 1.165) is 11.1 Å². The van der Waals surface area contributed by atoms with Crippen molar-refractivity contribution in [2.45, 2.75) is 23.8 Å². The number of carbonyl (C=O) groups excluding carboxylic acids is 1. The highest BCUT2D eigenvalue weighted by Crippen LogP contribution is 2.32. The van der Waals surface area contributed by atoms with Crippen LogP contribution in [-0.4, -0.2) is 48.0 Å². The van der Waals surface area contributed by atoms with Crippen LogP contribution in [0.2, 0.25) is 0 Å². The topological polar surface area (TPSA) is 77.7 Å². The summed E-state index contributed by atoms with van der Waals surface area (Å²) in [6, 6.07) is 13.7. The van der Waals surface area contributed by atoms with E-state index >= 15 is 0 Å². The average Bonchev–Trinajstić information content (AvgIpc) is 3.41. The zero-order chi connectivity index (χ0) is 21.1. The zero-order valence-corrected chi connectivity index (χ0v) is 17.9. The fourth-order valence-electron chi connectivity index (χ4n) is 3.55. The number of hydrogen-bond acceptors (Lipinski definition) is 7. The zero-order valence-electron chi connectivity index (χ0n) is 17.1. The van der Waals surface area contributed by atoms with E-state index in [2.05, 4.69) is 10.1 Å². The maximum Gasteiger partial charge on any atom is 0.232 e. The summed E-state index contributed by atoms with van der Waals surface area (Å²) >= 11 is 1.68. The van der Waals surface area contributed by atoms with Crippen LogP contribution in [0.15, 0.2) is 51.9 Å². The molecule has 7 nitrogen and oxygen atoms in total. The molecule has 0 spiro atoms. The molecule has 2 aromatic carbocycles. The molecule has 0 aliphatic carbocycles. The average molecular weight is 426 g/mol. The minimum atomic E-state index is -0.107. The summed E-state index contributed by atoms with van der Waals surface area (Å²) in [5.74, 6) is 2.32. The van der Waals surface area contributed by atoms with Crippen LogP contribution in [0.1, 0.15) is 23.8 Å². The van der Waals surface area contributed by atoms with Crippen molar-refractivity contribution in [3.63, 3.8) is 0 Å². The molecule has 156 valence electrons. The van der Waals surface area contributed by atoms with Crippen LogP contribution in [0.5, 0.6) is 11.5 Å². The number of thioether (sulfide) groups is 1. The van der Waals surface area contributed by atoms with Crippen molar-refractivity contribution in [2.24, 2.45) is 0 Å². The van der Waals surface area contributed by atoms with Gasteiger partial charge in [-0.15, -0.1) is 11.8 Å². The highest BCUT2D eigenvalue weighted by Gasteiger charge is 2.34. The van der Waals surface area contributed by atoms with E-state index < -0.39 is 0 Å². The monoisotopic (exact) mass is 425 g/mol. The van der Waals surface area contributed by atoms with E-state index in [-0.39, 0.29) is 11.8 Å². The van der Waals surface area contributed by atoms with Gasteiger partial charge in [-0.1, -0.05) is 11.2 Å². The number of ether oxygens (including phenoxy) is 2. The maximum absolute atomic E-state index is 12.6. The Kier molecular flexibility index (Phi) is 5.94. The van der Waals surface area contributed by atoms with E-state index in [0.29, 0.717) is 42.7 Å². The molecular formula is C22H23N3O4S. The fraction of sp³-hybridized carbons (Fsp3) is 0.318. The Balaban J connectivity index is 1.45. The number of hydrogen-bond donors (Lipinski definition) is 0. The van der Waals surface area contributed by atoms with Crippen molar-refractivity contribution in [3.8, 4) is 22.9 Å². The first-order valence-corrected chi connectivity index (χ1v) is 10.8. The van der Waals surface area contributed by atoms with Crippen molar-refractivity contribution < 1.29 is 18.8 Å². The molecule has 1 amide bonds. The number of nitrogens with zero attached hydrogens (tertiary/aromatic N) is 3. The van der Waals surface area contributed by atoms with Crippen molar-refractivity contribution in [2.75, 3.05) is 27.0 Å². The number of carbonyl (C=O) groups is 1. The van der Waals surface area contributed by atoms with Gasteiger partial charge >= 0.3 is 0 Å². The summed E-state index contributed by atoms with van der Waals surface area (Å²) in [7, 11) is 3.20. The Morgan fingerprint density at radius 3 is 2.60 bits per heavy atom. The Hall–Kier alpha value is -3.00. The van der Waals surface area contributed by atoms with E-state index in [1.165, 1.54) is 4.90 Å². The van der Waals surface area contributed by atoms with E-state index in [4.69, 9.17) is 14.0 Å². The molecule has 30 heavy (non-hydrogen) atoms. The van der Waals surface area contributed by atoms with Gasteiger partial charge in [-0.2, -0.15) is 4.98 Å². The lowest BCUT2D eigenvalue weighted by molar-refractivity contribution is -0.128. The molecule has 1 aliphatic rings. The third-order valence-corrected chi connectivity index (χ3v) is 5.92. The number of aromatic nitrogens is 2. The summed E-state index contributed by atoms with van der Waals surface area (Å²) in [5.41, 5.74) is 1.87. The lowest BCUT2D eigenvalue weighted by Gasteiger charge is -2.17. The summed E-state index contributed by atoms with van der Waals surface area (Å²) in [5, 5.41) is 4.11. The van der Waals surface area contributed by atoms with Gasteiger partial charge in [0.2, 0.25) is 17.6 Å². The molecule has 1 fully saturated rings. The first kappa shape index (κ1) is 20.3. The van der Waals surface area contributed by atoms with Crippen LogP contribution in [0.25, 0.3) is 11.4 Å². The summed E-state index contributed by atoms with van der Waals surface area (Å²) in [6.07, 6.45) is 2.40. The number of methoxy groups -OCH3 is 2. The number of amides is 1. The van der Waals surface area contributed by atoms with Gasteiger partial charge in [-0.25, -0.2) is 0 Å². The molecule has 1 saturated heterocycles. The molecule has 0 bridgehead atoms. The molecular weight excluding hydrogens is 402 g/mol. The van der Waals surface area contributed by atoms with E-state index in [9.17, 15) is 4.79 Å². The highest BCUT2D eigenvalue weighted by atomic mass is 32.2. The first-order valence-electron chi connectivity index (χ1n) is 9.58. The Morgan fingerprint density at radius 1 is 1.13 bits per heavy atom. The largest absolute Gasteiger partial charge is 0.493 e. The SMILES string of the molecule is COc1ccc(CN2CC(c3nc(-c4ccc(SC)cc4)no3)CC2=O)cc1OC. The van der Waals surface area contributed by atoms with Gasteiger partial charge in [0.15, 0.2) is 11.5 Å². The van der Waals surface area contributed by atoms with Crippen LogP contribution in [-0.2, 0) is 11.3 Å². The second-order valence-electron chi connectivity index (χ2n) is 7.05. The standard InChI is InChI=1S/C22H23N3O4S/c1-27-18-9-4-14(10-19(18)28-2)12-25-13-16(11-20(25)26)22-23-21(24-29-22)15-5-7-17(30-3)8-6-15/h4-10,16H,11-13H2,1-3H3. The molecule has 0 saturated carbocycles. The number of benzene rings is 2. The summed E-state index contributed by atoms with van der Waals surface area (Å²) < 4.78 is 16.1. The second-order valence-corrected chi connectivity index (χ2v) is 7.93. The van der Waals surface area contributed by atoms with Gasteiger partial charge in [0.05, 0.1) is 20.1 Å².